The van der Waals surface area contributed by atoms with Gasteiger partial charge < -0.3 is 20.3 Å². The van der Waals surface area contributed by atoms with Crippen LogP contribution in [0.1, 0.15) is 32.6 Å². The second-order valence-electron chi connectivity index (χ2n) is 6.06. The maximum absolute atomic E-state index is 12.5. The number of carbonyl (C=O) groups excluding carboxylic acids is 2. The first-order valence-corrected chi connectivity index (χ1v) is 8.58. The minimum Gasteiger partial charge on any atom is -0.495 e. The summed E-state index contributed by atoms with van der Waals surface area (Å²) in [5.74, 6) is 0.432. The number of anilines is 1. The lowest BCUT2D eigenvalue weighted by Crippen LogP contribution is -2.41. The van der Waals surface area contributed by atoms with Gasteiger partial charge in [0.15, 0.2) is 0 Å². The molecular formula is C18H27N3O3. The zero-order chi connectivity index (χ0) is 17.4. The number of para-hydroxylation sites is 2. The summed E-state index contributed by atoms with van der Waals surface area (Å²) < 4.78 is 5.23. The molecule has 1 aliphatic heterocycles. The van der Waals surface area contributed by atoms with Gasteiger partial charge in [0.1, 0.15) is 5.75 Å². The topological polar surface area (TPSA) is 70.7 Å². The van der Waals surface area contributed by atoms with Crippen molar-refractivity contribution >= 4 is 17.5 Å². The Morgan fingerprint density at radius 3 is 2.83 bits per heavy atom. The number of amides is 2. The molecule has 2 rings (SSSR count). The van der Waals surface area contributed by atoms with Crippen molar-refractivity contribution in [2.24, 2.45) is 0 Å². The van der Waals surface area contributed by atoms with Crippen LogP contribution in [0, 0.1) is 0 Å². The van der Waals surface area contributed by atoms with E-state index in [-0.39, 0.29) is 24.4 Å². The van der Waals surface area contributed by atoms with Crippen LogP contribution < -0.4 is 15.4 Å². The molecule has 0 spiro atoms. The Morgan fingerprint density at radius 2 is 2.17 bits per heavy atom. The maximum Gasteiger partial charge on any atom is 0.244 e. The van der Waals surface area contributed by atoms with Crippen LogP contribution in [0.15, 0.2) is 24.3 Å². The number of nitrogens with zero attached hydrogens (tertiary/aromatic N) is 1. The predicted molar refractivity (Wildman–Crippen MR) is 94.1 cm³/mol. The van der Waals surface area contributed by atoms with Gasteiger partial charge >= 0.3 is 0 Å². The summed E-state index contributed by atoms with van der Waals surface area (Å²) in [6, 6.07) is 7.49. The molecule has 2 amide bonds. The summed E-state index contributed by atoms with van der Waals surface area (Å²) >= 11 is 0. The fourth-order valence-corrected chi connectivity index (χ4v) is 2.94. The Hall–Kier alpha value is -2.08. The molecule has 1 aromatic rings. The second-order valence-corrected chi connectivity index (χ2v) is 6.06. The first kappa shape index (κ1) is 18.3. The van der Waals surface area contributed by atoms with E-state index in [0.29, 0.717) is 24.4 Å². The SMILES string of the molecule is CCCN(CC(=O)Nc1ccccc1OC)C(=O)CC1CCCN1. The molecule has 0 saturated carbocycles. The van der Waals surface area contributed by atoms with Gasteiger partial charge in [-0.2, -0.15) is 0 Å². The summed E-state index contributed by atoms with van der Waals surface area (Å²) in [6.45, 7) is 3.63. The minimum atomic E-state index is -0.208. The van der Waals surface area contributed by atoms with Crippen LogP contribution in [0.4, 0.5) is 5.69 Å². The number of hydrogen-bond donors (Lipinski definition) is 2. The molecule has 0 aliphatic carbocycles. The van der Waals surface area contributed by atoms with Crippen molar-refractivity contribution in [3.8, 4) is 5.75 Å². The lowest BCUT2D eigenvalue weighted by atomic mass is 10.1. The van der Waals surface area contributed by atoms with E-state index in [4.69, 9.17) is 4.74 Å². The highest BCUT2D eigenvalue weighted by Gasteiger charge is 2.23. The zero-order valence-corrected chi connectivity index (χ0v) is 14.5. The second kappa shape index (κ2) is 9.27. The highest BCUT2D eigenvalue weighted by Crippen LogP contribution is 2.22. The summed E-state index contributed by atoms with van der Waals surface area (Å²) in [5.41, 5.74) is 0.617. The third kappa shape index (κ3) is 5.23. The van der Waals surface area contributed by atoms with Crippen molar-refractivity contribution in [3.05, 3.63) is 24.3 Å². The molecule has 1 heterocycles. The van der Waals surface area contributed by atoms with E-state index in [1.165, 1.54) is 0 Å². The predicted octanol–water partition coefficient (Wildman–Crippen LogP) is 2.01. The first-order chi connectivity index (χ1) is 11.6. The van der Waals surface area contributed by atoms with Gasteiger partial charge in [0, 0.05) is 19.0 Å². The van der Waals surface area contributed by atoms with Crippen LogP contribution in [0.5, 0.6) is 5.75 Å². The van der Waals surface area contributed by atoms with E-state index in [0.717, 1.165) is 25.8 Å². The van der Waals surface area contributed by atoms with Crippen LogP contribution in [-0.4, -0.2) is 49.5 Å². The van der Waals surface area contributed by atoms with Crippen molar-refractivity contribution < 1.29 is 14.3 Å². The van der Waals surface area contributed by atoms with Crippen molar-refractivity contribution in [2.45, 2.75) is 38.6 Å². The summed E-state index contributed by atoms with van der Waals surface area (Å²) in [5, 5.41) is 6.15. The number of ether oxygens (including phenoxy) is 1. The van der Waals surface area contributed by atoms with Crippen molar-refractivity contribution in [3.63, 3.8) is 0 Å². The maximum atomic E-state index is 12.5. The van der Waals surface area contributed by atoms with Crippen molar-refractivity contribution in [1.29, 1.82) is 0 Å². The standard InChI is InChI=1S/C18H27N3O3/c1-3-11-21(18(23)12-14-7-6-10-19-14)13-17(22)20-15-8-4-5-9-16(15)24-2/h4-5,8-9,14,19H,3,6-7,10-13H2,1-2H3,(H,20,22). The van der Waals surface area contributed by atoms with Gasteiger partial charge in [0.05, 0.1) is 19.3 Å². The number of rotatable bonds is 8. The summed E-state index contributed by atoms with van der Waals surface area (Å²) in [7, 11) is 1.56. The van der Waals surface area contributed by atoms with Gasteiger partial charge in [-0.15, -0.1) is 0 Å². The normalized spacial score (nSPS) is 16.7. The van der Waals surface area contributed by atoms with E-state index in [9.17, 15) is 9.59 Å². The number of hydrogen-bond acceptors (Lipinski definition) is 4. The molecule has 1 unspecified atom stereocenters. The Morgan fingerprint density at radius 1 is 1.38 bits per heavy atom. The van der Waals surface area contributed by atoms with Crippen LogP contribution in [0.2, 0.25) is 0 Å². The van der Waals surface area contributed by atoms with Crippen molar-refractivity contribution in [1.82, 2.24) is 10.2 Å². The van der Waals surface area contributed by atoms with E-state index in [2.05, 4.69) is 10.6 Å². The highest BCUT2D eigenvalue weighted by molar-refractivity contribution is 5.95. The van der Waals surface area contributed by atoms with Gasteiger partial charge in [-0.25, -0.2) is 0 Å². The number of methoxy groups -OCH3 is 1. The van der Waals surface area contributed by atoms with Gasteiger partial charge in [0.25, 0.3) is 0 Å². The van der Waals surface area contributed by atoms with Gasteiger partial charge in [-0.1, -0.05) is 19.1 Å². The molecule has 132 valence electrons. The summed E-state index contributed by atoms with van der Waals surface area (Å²) in [4.78, 5) is 26.5. The smallest absolute Gasteiger partial charge is 0.244 e. The molecule has 24 heavy (non-hydrogen) atoms. The Kier molecular flexibility index (Phi) is 7.06. The van der Waals surface area contributed by atoms with Crippen LogP contribution in [0.3, 0.4) is 0 Å². The molecule has 1 saturated heterocycles. The average Bonchev–Trinajstić information content (AvgIpc) is 3.08. The van der Waals surface area contributed by atoms with E-state index < -0.39 is 0 Å². The van der Waals surface area contributed by atoms with Gasteiger partial charge in [-0.05, 0) is 37.9 Å². The largest absolute Gasteiger partial charge is 0.495 e. The molecule has 1 fully saturated rings. The van der Waals surface area contributed by atoms with Crippen LogP contribution in [-0.2, 0) is 9.59 Å². The average molecular weight is 333 g/mol. The first-order valence-electron chi connectivity index (χ1n) is 8.58. The summed E-state index contributed by atoms with van der Waals surface area (Å²) in [6.07, 6.45) is 3.42. The minimum absolute atomic E-state index is 0.0337. The third-order valence-corrected chi connectivity index (χ3v) is 4.15. The Balaban J connectivity index is 1.93. The molecule has 6 heteroatoms. The Labute approximate surface area is 143 Å². The molecule has 2 N–H and O–H groups in total. The number of benzene rings is 1. The van der Waals surface area contributed by atoms with E-state index in [1.807, 2.05) is 19.1 Å². The van der Waals surface area contributed by atoms with Crippen LogP contribution >= 0.6 is 0 Å². The fraction of sp³-hybridized carbons (Fsp3) is 0.556. The molecule has 1 aliphatic rings. The molecule has 0 radical (unpaired) electrons. The molecular weight excluding hydrogens is 306 g/mol. The van der Waals surface area contributed by atoms with E-state index in [1.54, 1.807) is 24.1 Å². The zero-order valence-electron chi connectivity index (χ0n) is 14.5. The number of nitrogens with one attached hydrogen (secondary N) is 2. The lowest BCUT2D eigenvalue weighted by Gasteiger charge is -2.23. The third-order valence-electron chi connectivity index (χ3n) is 4.15. The molecule has 0 bridgehead atoms. The molecule has 1 aromatic carbocycles. The number of carbonyl (C=O) groups is 2. The Bertz CT molecular complexity index is 556. The monoisotopic (exact) mass is 333 g/mol. The van der Waals surface area contributed by atoms with Crippen molar-refractivity contribution in [2.75, 3.05) is 32.1 Å². The lowest BCUT2D eigenvalue weighted by molar-refractivity contribution is -0.135. The quantitative estimate of drug-likeness (QED) is 0.763. The molecule has 6 nitrogen and oxygen atoms in total. The van der Waals surface area contributed by atoms with E-state index >= 15 is 0 Å². The molecule has 0 aromatic heterocycles. The van der Waals surface area contributed by atoms with Gasteiger partial charge in [-0.3, -0.25) is 9.59 Å². The highest BCUT2D eigenvalue weighted by atomic mass is 16.5. The molecule has 1 atom stereocenters. The van der Waals surface area contributed by atoms with Crippen LogP contribution in [0.25, 0.3) is 0 Å². The fourth-order valence-electron chi connectivity index (χ4n) is 2.94. The van der Waals surface area contributed by atoms with Gasteiger partial charge in [0.2, 0.25) is 11.8 Å².